The lowest BCUT2D eigenvalue weighted by molar-refractivity contribution is 0.0921. The molecule has 0 aromatic carbocycles. The second kappa shape index (κ2) is 5.63. The number of piperazine rings is 1. The zero-order chi connectivity index (χ0) is 15.0. The van der Waals surface area contributed by atoms with E-state index >= 15 is 0 Å². The van der Waals surface area contributed by atoms with E-state index in [2.05, 4.69) is 35.9 Å². The van der Waals surface area contributed by atoms with Crippen LogP contribution in [0.25, 0.3) is 0 Å². The Morgan fingerprint density at radius 2 is 1.90 bits per heavy atom. The molecule has 0 spiro atoms. The van der Waals surface area contributed by atoms with Crippen LogP contribution >= 0.6 is 11.6 Å². The Hall–Kier alpha value is -0.630. The Morgan fingerprint density at radius 3 is 2.40 bits per heavy atom. The van der Waals surface area contributed by atoms with E-state index in [1.807, 2.05) is 0 Å². The summed E-state index contributed by atoms with van der Waals surface area (Å²) in [5.41, 5.74) is 0.579. The smallest absolute Gasteiger partial charge is 0.260 e. The third-order valence-corrected chi connectivity index (χ3v) is 5.81. The Kier molecular flexibility index (Phi) is 4.44. The van der Waals surface area contributed by atoms with Crippen molar-refractivity contribution in [3.8, 4) is 0 Å². The molecule has 0 radical (unpaired) electrons. The highest BCUT2D eigenvalue weighted by atomic mass is 35.5. The average molecular weight is 321 g/mol. The number of sulfonamides is 1. The van der Waals surface area contributed by atoms with Crippen molar-refractivity contribution < 1.29 is 8.42 Å². The molecular formula is C12H21ClN4O2S. The molecule has 1 N–H and O–H groups in total. The number of alkyl halides is 1. The zero-order valence-electron chi connectivity index (χ0n) is 12.1. The molecule has 1 aliphatic rings. The van der Waals surface area contributed by atoms with Gasteiger partial charge in [-0.25, -0.2) is 8.42 Å². The van der Waals surface area contributed by atoms with Gasteiger partial charge < -0.3 is 0 Å². The normalized spacial score (nSPS) is 19.4. The molecule has 2 rings (SSSR count). The lowest BCUT2D eigenvalue weighted by Crippen LogP contribution is -2.54. The van der Waals surface area contributed by atoms with Gasteiger partial charge in [0.2, 0.25) is 0 Å². The minimum atomic E-state index is -3.53. The van der Waals surface area contributed by atoms with Gasteiger partial charge in [-0.2, -0.15) is 9.40 Å². The summed E-state index contributed by atoms with van der Waals surface area (Å²) in [6, 6.07) is 0. The molecule has 0 bridgehead atoms. The van der Waals surface area contributed by atoms with Gasteiger partial charge in [0.25, 0.3) is 10.0 Å². The molecule has 2 heterocycles. The van der Waals surface area contributed by atoms with Crippen LogP contribution in [-0.2, 0) is 15.9 Å². The number of hydrogen-bond acceptors (Lipinski definition) is 4. The number of aromatic nitrogens is 2. The van der Waals surface area contributed by atoms with Crippen LogP contribution in [0.5, 0.6) is 0 Å². The second-order valence-corrected chi connectivity index (χ2v) is 8.06. The molecule has 1 saturated heterocycles. The second-order valence-electron chi connectivity index (χ2n) is 5.92. The molecule has 6 nitrogen and oxygen atoms in total. The van der Waals surface area contributed by atoms with Crippen LogP contribution in [0.15, 0.2) is 11.2 Å². The standard InChI is InChI=1S/C12H21ClN4O2S/c1-12(2,3)16-4-6-17(7-5-16)20(18,19)11-10(8-13)9-14-15-11/h9H,4-8H2,1-3H3,(H,14,15). The van der Waals surface area contributed by atoms with Crippen LogP contribution in [0, 0.1) is 0 Å². The highest BCUT2D eigenvalue weighted by Gasteiger charge is 2.34. The largest absolute Gasteiger partial charge is 0.296 e. The fraction of sp³-hybridized carbons (Fsp3) is 0.750. The molecule has 1 fully saturated rings. The van der Waals surface area contributed by atoms with E-state index in [0.717, 1.165) is 13.1 Å². The van der Waals surface area contributed by atoms with Crippen LogP contribution in [-0.4, -0.2) is 59.5 Å². The average Bonchev–Trinajstić information content (AvgIpc) is 2.87. The summed E-state index contributed by atoms with van der Waals surface area (Å²) in [5.74, 6) is 0.132. The zero-order valence-corrected chi connectivity index (χ0v) is 13.6. The van der Waals surface area contributed by atoms with E-state index < -0.39 is 10.0 Å². The van der Waals surface area contributed by atoms with E-state index in [0.29, 0.717) is 18.7 Å². The Morgan fingerprint density at radius 1 is 1.30 bits per heavy atom. The summed E-state index contributed by atoms with van der Waals surface area (Å²) in [6.45, 7) is 8.84. The number of hydrogen-bond donors (Lipinski definition) is 1. The summed E-state index contributed by atoms with van der Waals surface area (Å²) in [6.07, 6.45) is 1.46. The lowest BCUT2D eigenvalue weighted by Gasteiger charge is -2.41. The van der Waals surface area contributed by atoms with Gasteiger partial charge in [0, 0.05) is 37.3 Å². The van der Waals surface area contributed by atoms with Crippen molar-refractivity contribution in [1.29, 1.82) is 0 Å². The van der Waals surface area contributed by atoms with E-state index in [-0.39, 0.29) is 16.4 Å². The predicted octanol–water partition coefficient (Wildman–Crippen LogP) is 1.25. The number of aromatic amines is 1. The number of nitrogens with one attached hydrogen (secondary N) is 1. The molecule has 8 heteroatoms. The van der Waals surface area contributed by atoms with Crippen LogP contribution in [0.2, 0.25) is 0 Å². The fourth-order valence-corrected chi connectivity index (χ4v) is 4.15. The van der Waals surface area contributed by atoms with E-state index in [4.69, 9.17) is 11.6 Å². The third kappa shape index (κ3) is 3.00. The van der Waals surface area contributed by atoms with Crippen molar-refractivity contribution in [2.45, 2.75) is 37.2 Å². The minimum Gasteiger partial charge on any atom is -0.296 e. The Bertz CT molecular complexity index is 556. The quantitative estimate of drug-likeness (QED) is 0.851. The number of halogens is 1. The first kappa shape index (κ1) is 15.8. The van der Waals surface area contributed by atoms with Gasteiger partial charge in [-0.3, -0.25) is 10.00 Å². The van der Waals surface area contributed by atoms with Crippen LogP contribution in [0.4, 0.5) is 0 Å². The van der Waals surface area contributed by atoms with Crippen molar-refractivity contribution in [2.24, 2.45) is 0 Å². The van der Waals surface area contributed by atoms with Gasteiger partial charge in [0.15, 0.2) is 5.03 Å². The molecule has 1 aromatic heterocycles. The van der Waals surface area contributed by atoms with Gasteiger partial charge in [0.1, 0.15) is 0 Å². The van der Waals surface area contributed by atoms with Crippen molar-refractivity contribution in [2.75, 3.05) is 26.2 Å². The Labute approximate surface area is 125 Å². The lowest BCUT2D eigenvalue weighted by atomic mass is 10.1. The summed E-state index contributed by atoms with van der Waals surface area (Å²) < 4.78 is 26.6. The molecule has 0 aliphatic carbocycles. The predicted molar refractivity (Wildman–Crippen MR) is 78.2 cm³/mol. The maximum Gasteiger partial charge on any atom is 0.260 e. The van der Waals surface area contributed by atoms with E-state index in [1.54, 1.807) is 0 Å². The molecule has 114 valence electrons. The first-order valence-electron chi connectivity index (χ1n) is 6.60. The Balaban J connectivity index is 2.14. The molecular weight excluding hydrogens is 300 g/mol. The number of rotatable bonds is 3. The summed E-state index contributed by atoms with van der Waals surface area (Å²) in [7, 11) is -3.53. The molecule has 0 saturated carbocycles. The van der Waals surface area contributed by atoms with Crippen LogP contribution < -0.4 is 0 Å². The van der Waals surface area contributed by atoms with E-state index in [1.165, 1.54) is 10.5 Å². The van der Waals surface area contributed by atoms with Crippen molar-refractivity contribution in [1.82, 2.24) is 19.4 Å². The molecule has 20 heavy (non-hydrogen) atoms. The highest BCUT2D eigenvalue weighted by Crippen LogP contribution is 2.22. The van der Waals surface area contributed by atoms with Gasteiger partial charge in [-0.1, -0.05) is 0 Å². The highest BCUT2D eigenvalue weighted by molar-refractivity contribution is 7.89. The SMILES string of the molecule is CC(C)(C)N1CCN(S(=O)(=O)c2[nH]ncc2CCl)CC1. The molecule has 0 atom stereocenters. The van der Waals surface area contributed by atoms with Crippen molar-refractivity contribution in [3.05, 3.63) is 11.8 Å². The van der Waals surface area contributed by atoms with Crippen LogP contribution in [0.1, 0.15) is 26.3 Å². The van der Waals surface area contributed by atoms with E-state index in [9.17, 15) is 8.42 Å². The monoisotopic (exact) mass is 320 g/mol. The first-order chi connectivity index (χ1) is 9.26. The van der Waals surface area contributed by atoms with Gasteiger partial charge in [0.05, 0.1) is 12.1 Å². The molecule has 1 aliphatic heterocycles. The molecule has 0 amide bonds. The van der Waals surface area contributed by atoms with Crippen LogP contribution in [0.3, 0.4) is 0 Å². The maximum atomic E-state index is 12.6. The first-order valence-corrected chi connectivity index (χ1v) is 8.57. The summed E-state index contributed by atoms with van der Waals surface area (Å²) >= 11 is 5.75. The maximum absolute atomic E-state index is 12.6. The van der Waals surface area contributed by atoms with Gasteiger partial charge >= 0.3 is 0 Å². The molecule has 1 aromatic rings. The van der Waals surface area contributed by atoms with Crippen molar-refractivity contribution >= 4 is 21.6 Å². The van der Waals surface area contributed by atoms with Crippen molar-refractivity contribution in [3.63, 3.8) is 0 Å². The fourth-order valence-electron chi connectivity index (χ4n) is 2.35. The summed E-state index contributed by atoms with van der Waals surface area (Å²) in [4.78, 5) is 2.29. The van der Waals surface area contributed by atoms with Gasteiger partial charge in [-0.15, -0.1) is 11.6 Å². The van der Waals surface area contributed by atoms with Gasteiger partial charge in [-0.05, 0) is 20.8 Å². The minimum absolute atomic E-state index is 0.0607. The number of H-pyrrole nitrogens is 1. The number of nitrogens with zero attached hydrogens (tertiary/aromatic N) is 3. The third-order valence-electron chi connectivity index (χ3n) is 3.61. The molecule has 0 unspecified atom stereocenters. The topological polar surface area (TPSA) is 69.3 Å². The summed E-state index contributed by atoms with van der Waals surface area (Å²) in [5, 5.41) is 6.46.